The van der Waals surface area contributed by atoms with Gasteiger partial charge in [0.25, 0.3) is 0 Å². The third-order valence-corrected chi connectivity index (χ3v) is 21.7. The highest BCUT2D eigenvalue weighted by molar-refractivity contribution is 5.67. The van der Waals surface area contributed by atoms with Gasteiger partial charge in [0.05, 0.1) is 50.2 Å². The van der Waals surface area contributed by atoms with Gasteiger partial charge in [-0.3, -0.25) is 9.59 Å². The number of carbonyl (C=O) groups excluding carboxylic acids is 2. The number of ether oxygens (including phenoxy) is 10. The minimum absolute atomic E-state index is 0.0731. The number of aliphatic hydroxyl groups is 14. The average Bonchev–Trinajstić information content (AvgIpc) is 1.81. The maximum absolute atomic E-state index is 12.9. The molecule has 26 nitrogen and oxygen atoms in total. The molecule has 14 N–H and O–H groups in total. The summed E-state index contributed by atoms with van der Waals surface area (Å²) in [5, 5.41) is 156. The number of aliphatic hydroxyl groups excluding tert-OH is 14. The van der Waals surface area contributed by atoms with E-state index in [1.807, 2.05) is 20.8 Å². The minimum Gasteiger partial charge on any atom is -0.465 e. The molecule has 0 unspecified atom stereocenters. The quantitative estimate of drug-likeness (QED) is 0.0489. The molecule has 0 radical (unpaired) electrons. The lowest BCUT2D eigenvalue weighted by Crippen LogP contribution is -2.76. The molecule has 26 heteroatoms. The summed E-state index contributed by atoms with van der Waals surface area (Å²) in [5.41, 5.74) is -4.47. The van der Waals surface area contributed by atoms with Gasteiger partial charge in [-0.05, 0) is 72.5 Å². The van der Waals surface area contributed by atoms with Crippen molar-refractivity contribution in [1.29, 1.82) is 0 Å². The van der Waals surface area contributed by atoms with Gasteiger partial charge < -0.3 is 119 Å². The molecule has 0 aromatic heterocycles. The van der Waals surface area contributed by atoms with Gasteiger partial charge in [0, 0.05) is 24.7 Å². The lowest BCUT2D eigenvalue weighted by Gasteiger charge is -2.73. The molecule has 4 saturated heterocycles. The number of allylic oxidation sites excluding steroid dienone is 1. The zero-order chi connectivity index (χ0) is 60.3. The molecule has 4 aliphatic heterocycles. The van der Waals surface area contributed by atoms with E-state index in [1.165, 1.54) is 13.8 Å². The van der Waals surface area contributed by atoms with E-state index in [9.17, 15) is 81.1 Å². The molecule has 0 spiro atoms. The van der Waals surface area contributed by atoms with Crippen molar-refractivity contribution in [3.05, 3.63) is 11.6 Å². The van der Waals surface area contributed by atoms with Crippen LogP contribution in [-0.2, 0) is 57.0 Å². The number of rotatable bonds is 13. The Bertz CT molecular complexity index is 2310. The van der Waals surface area contributed by atoms with Crippen LogP contribution in [0.1, 0.15) is 101 Å². The largest absolute Gasteiger partial charge is 0.465 e. The zero-order valence-electron chi connectivity index (χ0n) is 48.0. The second-order valence-electron chi connectivity index (χ2n) is 26.9. The summed E-state index contributed by atoms with van der Waals surface area (Å²) in [6.07, 6.45) is -32.0. The SMILES string of the molecule is CC(=O)OC[C@@]12[C@H](O)[C@H](O)[C@]3(C)C(=CC[C@@H]4[C@@]5(C)CC[C@H](O[C@@H]6OC[C@H](O[C@@H]7O[C@H](CO)[C@@H](O)[C@H](O)[C@H]7O[C@@H]7OC[C@@H](O)[C@H](O)[C@H]7O)[C@H](O)[C@H]6O[C@@H]6O[C@H](CO)[C@@H](O)[C@H](O)[C@H]6O)C(C)(C)[C@@H]5CC[C@]43C)[C@@H]1CC(C)(C)[C@@H](OC(C)=O)[C@@H]2O. The molecule has 470 valence electrons. The first kappa shape index (κ1) is 64.3. The highest BCUT2D eigenvalue weighted by Crippen LogP contribution is 2.76. The van der Waals surface area contributed by atoms with Gasteiger partial charge in [0.2, 0.25) is 0 Å². The maximum Gasteiger partial charge on any atom is 0.303 e. The topological polar surface area (TPSA) is 410 Å². The Balaban J connectivity index is 0.993. The Labute approximate surface area is 476 Å². The van der Waals surface area contributed by atoms with Crippen molar-refractivity contribution in [2.24, 2.45) is 50.2 Å². The number of hydrogen-bond donors (Lipinski definition) is 14. The minimum atomic E-state index is -1.94. The summed E-state index contributed by atoms with van der Waals surface area (Å²) in [7, 11) is 0. The van der Waals surface area contributed by atoms with Crippen LogP contribution in [0.2, 0.25) is 0 Å². The standard InChI is InChI=1S/C56H90O26/c1-22(59)75-21-56-25(16-51(3,4)46(45(56)72)76-23(2)60)24-10-11-31-53(7)14-13-32(52(5,6)30(53)12-15-54(31,8)55(24,9)43(70)44(56)71)80-49-41(82-48-40(69)37(66)34(63)27(17-57)77-48)36(65)29(20-74-49)79-50-42(38(67)35(64)28(18-58)78-50)81-47-39(68)33(62)26(61)19-73-47/h10,25-50,57-58,61-72H,11-21H2,1-9H3/t25-,26+,27+,28+,29-,30-,31+,32-,33-,34+,35+,36-,37-,38-,39+,40+,41+,42+,43-,44+,45-,46-,47-,48-,49-,50-,53-,54+,55-,56-/m0/s1. The van der Waals surface area contributed by atoms with Crippen LogP contribution >= 0.6 is 0 Å². The number of carbonyl (C=O) groups is 2. The van der Waals surface area contributed by atoms with Gasteiger partial charge in [-0.2, -0.15) is 0 Å². The van der Waals surface area contributed by atoms with Gasteiger partial charge in [-0.15, -0.1) is 0 Å². The predicted octanol–water partition coefficient (Wildman–Crippen LogP) is -3.26. The van der Waals surface area contributed by atoms with Crippen molar-refractivity contribution in [2.75, 3.05) is 33.0 Å². The van der Waals surface area contributed by atoms with Gasteiger partial charge in [0.1, 0.15) is 104 Å². The highest BCUT2D eigenvalue weighted by atomic mass is 16.8. The molecule has 0 bridgehead atoms. The van der Waals surface area contributed by atoms with Crippen LogP contribution in [0.5, 0.6) is 0 Å². The Morgan fingerprint density at radius 2 is 1.20 bits per heavy atom. The maximum atomic E-state index is 12.9. The van der Waals surface area contributed by atoms with E-state index in [0.717, 1.165) is 5.57 Å². The van der Waals surface area contributed by atoms with E-state index in [2.05, 4.69) is 33.8 Å². The first-order chi connectivity index (χ1) is 38.3. The lowest BCUT2D eigenvalue weighted by molar-refractivity contribution is -0.392. The van der Waals surface area contributed by atoms with Crippen molar-refractivity contribution in [3.63, 3.8) is 0 Å². The molecule has 0 amide bonds. The molecule has 0 aromatic carbocycles. The summed E-state index contributed by atoms with van der Waals surface area (Å²) < 4.78 is 60.0. The smallest absolute Gasteiger partial charge is 0.303 e. The van der Waals surface area contributed by atoms with E-state index in [-0.39, 0.29) is 11.8 Å². The number of esters is 2. The van der Waals surface area contributed by atoms with Gasteiger partial charge in [-0.25, -0.2) is 0 Å². The summed E-state index contributed by atoms with van der Waals surface area (Å²) in [4.78, 5) is 25.0. The molecule has 4 heterocycles. The fourth-order valence-electron chi connectivity index (χ4n) is 16.9. The Kier molecular flexibility index (Phi) is 18.3. The fourth-order valence-corrected chi connectivity index (χ4v) is 16.9. The normalized spacial score (nSPS) is 52.6. The van der Waals surface area contributed by atoms with E-state index in [4.69, 9.17) is 47.4 Å². The average molecular weight is 1180 g/mol. The van der Waals surface area contributed by atoms with Crippen molar-refractivity contribution in [3.8, 4) is 0 Å². The molecule has 9 aliphatic rings. The second-order valence-corrected chi connectivity index (χ2v) is 26.9. The van der Waals surface area contributed by atoms with Crippen LogP contribution < -0.4 is 0 Å². The van der Waals surface area contributed by atoms with E-state index in [1.54, 1.807) is 0 Å². The Hall–Kier alpha value is -2.20. The molecular weight excluding hydrogens is 1090 g/mol. The van der Waals surface area contributed by atoms with Gasteiger partial charge in [0.15, 0.2) is 25.2 Å². The molecular formula is C56H90O26. The second kappa shape index (κ2) is 23.4. The third-order valence-electron chi connectivity index (χ3n) is 21.7. The van der Waals surface area contributed by atoms with Crippen LogP contribution in [-0.4, -0.2) is 258 Å². The van der Waals surface area contributed by atoms with Crippen molar-refractivity contribution in [1.82, 2.24) is 0 Å². The summed E-state index contributed by atoms with van der Waals surface area (Å²) in [5.74, 6) is -2.05. The highest BCUT2D eigenvalue weighted by Gasteiger charge is 2.76. The summed E-state index contributed by atoms with van der Waals surface area (Å²) >= 11 is 0. The first-order valence-electron chi connectivity index (χ1n) is 28.8. The van der Waals surface area contributed by atoms with Crippen LogP contribution in [0.25, 0.3) is 0 Å². The third kappa shape index (κ3) is 10.3. The Morgan fingerprint density at radius 1 is 0.598 bits per heavy atom. The van der Waals surface area contributed by atoms with Crippen LogP contribution in [0.3, 0.4) is 0 Å². The van der Waals surface area contributed by atoms with Crippen molar-refractivity contribution < 1.29 is 128 Å². The summed E-state index contributed by atoms with van der Waals surface area (Å²) in [6.45, 7) is 13.8. The molecule has 9 rings (SSSR count). The summed E-state index contributed by atoms with van der Waals surface area (Å²) in [6, 6.07) is 0. The monoisotopic (exact) mass is 1180 g/mol. The van der Waals surface area contributed by atoms with E-state index < -0.39 is 225 Å². The van der Waals surface area contributed by atoms with Crippen molar-refractivity contribution >= 4 is 11.9 Å². The van der Waals surface area contributed by atoms with Crippen LogP contribution in [0.15, 0.2) is 11.6 Å². The van der Waals surface area contributed by atoms with E-state index in [0.29, 0.717) is 38.5 Å². The molecule has 30 atom stereocenters. The molecule has 8 fully saturated rings. The van der Waals surface area contributed by atoms with Crippen molar-refractivity contribution in [2.45, 2.75) is 242 Å². The molecule has 82 heavy (non-hydrogen) atoms. The molecule has 4 saturated carbocycles. The molecule has 0 aromatic rings. The number of hydrogen-bond acceptors (Lipinski definition) is 26. The van der Waals surface area contributed by atoms with E-state index >= 15 is 0 Å². The fraction of sp³-hybridized carbons (Fsp3) is 0.929. The van der Waals surface area contributed by atoms with Crippen LogP contribution in [0, 0.1) is 50.2 Å². The molecule has 5 aliphatic carbocycles. The van der Waals surface area contributed by atoms with Gasteiger partial charge >= 0.3 is 11.9 Å². The zero-order valence-corrected chi connectivity index (χ0v) is 48.0. The Morgan fingerprint density at radius 3 is 1.83 bits per heavy atom. The van der Waals surface area contributed by atoms with Crippen LogP contribution in [0.4, 0.5) is 0 Å². The van der Waals surface area contributed by atoms with Gasteiger partial charge in [-0.1, -0.05) is 60.1 Å². The number of fused-ring (bicyclic) bond motifs is 7. The predicted molar refractivity (Wildman–Crippen MR) is 275 cm³/mol. The lowest BCUT2D eigenvalue weighted by atomic mass is 9.32. The first-order valence-corrected chi connectivity index (χ1v) is 28.8.